The summed E-state index contributed by atoms with van der Waals surface area (Å²) >= 11 is 0. The fraction of sp³-hybridized carbons (Fsp3) is 0.333. The predicted octanol–water partition coefficient (Wildman–Crippen LogP) is 3.84. The van der Waals surface area contributed by atoms with E-state index >= 15 is 0 Å². The lowest BCUT2D eigenvalue weighted by Crippen LogP contribution is -2.29. The van der Waals surface area contributed by atoms with Crippen LogP contribution in [-0.2, 0) is 4.74 Å². The highest BCUT2D eigenvalue weighted by Crippen LogP contribution is 2.30. The Kier molecular flexibility index (Phi) is 4.14. The van der Waals surface area contributed by atoms with Crippen molar-refractivity contribution in [2.45, 2.75) is 25.2 Å². The van der Waals surface area contributed by atoms with Crippen LogP contribution in [0.25, 0.3) is 0 Å². The molecule has 0 spiro atoms. The van der Waals surface area contributed by atoms with Crippen LogP contribution in [0.3, 0.4) is 0 Å². The number of hydrogen-bond acceptors (Lipinski definition) is 2. The van der Waals surface area contributed by atoms with Gasteiger partial charge in [0.05, 0.1) is 0 Å². The summed E-state index contributed by atoms with van der Waals surface area (Å²) in [5, 5.41) is 0. The van der Waals surface area contributed by atoms with Crippen LogP contribution in [-0.4, -0.2) is 24.7 Å². The number of nitrogens with zero attached hydrogens (tertiary/aromatic N) is 1. The first kappa shape index (κ1) is 13.3. The Morgan fingerprint density at radius 2 is 1.50 bits per heavy atom. The quantitative estimate of drug-likeness (QED) is 0.834. The predicted molar refractivity (Wildman–Crippen MR) is 81.5 cm³/mol. The standard InChI is InChI=1S/C18H21NO/c1-19-14-8-13-17(19)20-18(15-9-4-2-5-10-15)16-11-6-3-7-12-16/h2-7,9-12,17-18H,8,13-14H2,1H3. The molecule has 20 heavy (non-hydrogen) atoms. The number of hydrogen-bond donors (Lipinski definition) is 0. The molecule has 0 aliphatic carbocycles. The molecular weight excluding hydrogens is 246 g/mol. The second-order valence-electron chi connectivity index (χ2n) is 5.41. The number of benzene rings is 2. The van der Waals surface area contributed by atoms with Gasteiger partial charge < -0.3 is 4.74 Å². The summed E-state index contributed by atoms with van der Waals surface area (Å²) in [6.07, 6.45) is 2.58. The highest BCUT2D eigenvalue weighted by atomic mass is 16.5. The maximum atomic E-state index is 6.42. The molecule has 0 radical (unpaired) electrons. The van der Waals surface area contributed by atoms with Gasteiger partial charge in [0.1, 0.15) is 12.3 Å². The molecule has 1 atom stereocenters. The summed E-state index contributed by atoms with van der Waals surface area (Å²) in [6.45, 7) is 1.13. The fourth-order valence-corrected chi connectivity index (χ4v) is 2.81. The van der Waals surface area contributed by atoms with Gasteiger partial charge in [-0.1, -0.05) is 60.7 Å². The van der Waals surface area contributed by atoms with E-state index in [0.29, 0.717) is 0 Å². The molecule has 0 aromatic heterocycles. The molecule has 1 fully saturated rings. The summed E-state index contributed by atoms with van der Waals surface area (Å²) in [5.74, 6) is 0. The summed E-state index contributed by atoms with van der Waals surface area (Å²) in [4.78, 5) is 2.30. The lowest BCUT2D eigenvalue weighted by atomic mass is 10.0. The average Bonchev–Trinajstić information content (AvgIpc) is 2.92. The van der Waals surface area contributed by atoms with Crippen molar-refractivity contribution in [3.05, 3.63) is 71.8 Å². The SMILES string of the molecule is CN1CCCC1OC(c1ccccc1)c1ccccc1. The van der Waals surface area contributed by atoms with Gasteiger partial charge in [-0.3, -0.25) is 4.90 Å². The van der Waals surface area contributed by atoms with E-state index in [4.69, 9.17) is 4.74 Å². The van der Waals surface area contributed by atoms with Gasteiger partial charge in [-0.2, -0.15) is 0 Å². The second kappa shape index (κ2) is 6.21. The molecule has 1 aliphatic heterocycles. The van der Waals surface area contributed by atoms with Crippen molar-refractivity contribution in [2.24, 2.45) is 0 Å². The Balaban J connectivity index is 1.88. The van der Waals surface area contributed by atoms with E-state index in [1.54, 1.807) is 0 Å². The molecule has 2 heteroatoms. The molecule has 2 aromatic rings. The van der Waals surface area contributed by atoms with Crippen LogP contribution in [0.5, 0.6) is 0 Å². The molecule has 1 heterocycles. The Morgan fingerprint density at radius 3 is 1.95 bits per heavy atom. The van der Waals surface area contributed by atoms with Gasteiger partial charge in [-0.15, -0.1) is 0 Å². The highest BCUT2D eigenvalue weighted by molar-refractivity contribution is 5.29. The molecule has 0 amide bonds. The number of ether oxygens (including phenoxy) is 1. The summed E-state index contributed by atoms with van der Waals surface area (Å²) in [5.41, 5.74) is 2.44. The molecule has 1 aliphatic rings. The molecule has 104 valence electrons. The Morgan fingerprint density at radius 1 is 0.950 bits per heavy atom. The first-order valence-corrected chi connectivity index (χ1v) is 7.30. The Labute approximate surface area is 121 Å². The largest absolute Gasteiger partial charge is 0.350 e. The molecular formula is C18H21NO. The van der Waals surface area contributed by atoms with Crippen LogP contribution in [0.4, 0.5) is 0 Å². The van der Waals surface area contributed by atoms with Gasteiger partial charge in [-0.05, 0) is 31.0 Å². The van der Waals surface area contributed by atoms with E-state index < -0.39 is 0 Å². The number of likely N-dealkylation sites (tertiary alicyclic amines) is 1. The fourth-order valence-electron chi connectivity index (χ4n) is 2.81. The minimum atomic E-state index is 0.0166. The average molecular weight is 267 g/mol. The van der Waals surface area contributed by atoms with Crippen LogP contribution in [0.1, 0.15) is 30.1 Å². The highest BCUT2D eigenvalue weighted by Gasteiger charge is 2.26. The zero-order valence-corrected chi connectivity index (χ0v) is 11.9. The van der Waals surface area contributed by atoms with E-state index in [1.807, 2.05) is 12.1 Å². The van der Waals surface area contributed by atoms with Gasteiger partial charge in [0.25, 0.3) is 0 Å². The molecule has 1 saturated heterocycles. The third kappa shape index (κ3) is 2.92. The van der Waals surface area contributed by atoms with Gasteiger partial charge in [0, 0.05) is 6.54 Å². The molecule has 1 unspecified atom stereocenters. The molecule has 3 rings (SSSR count). The van der Waals surface area contributed by atoms with E-state index in [9.17, 15) is 0 Å². The first-order valence-electron chi connectivity index (χ1n) is 7.30. The zero-order valence-electron chi connectivity index (χ0n) is 11.9. The van der Waals surface area contributed by atoms with Crippen molar-refractivity contribution in [2.75, 3.05) is 13.6 Å². The van der Waals surface area contributed by atoms with Gasteiger partial charge >= 0.3 is 0 Å². The summed E-state index contributed by atoms with van der Waals surface area (Å²) in [7, 11) is 2.14. The lowest BCUT2D eigenvalue weighted by Gasteiger charge is -2.27. The second-order valence-corrected chi connectivity index (χ2v) is 5.41. The topological polar surface area (TPSA) is 12.5 Å². The molecule has 2 aromatic carbocycles. The van der Waals surface area contributed by atoms with E-state index in [1.165, 1.54) is 17.5 Å². The first-order chi connectivity index (χ1) is 9.84. The van der Waals surface area contributed by atoms with Crippen molar-refractivity contribution in [1.29, 1.82) is 0 Å². The normalized spacial score (nSPS) is 19.6. The van der Waals surface area contributed by atoms with Crippen molar-refractivity contribution in [1.82, 2.24) is 4.90 Å². The molecule has 2 nitrogen and oxygen atoms in total. The summed E-state index contributed by atoms with van der Waals surface area (Å²) in [6, 6.07) is 21.0. The summed E-state index contributed by atoms with van der Waals surface area (Å²) < 4.78 is 6.42. The van der Waals surface area contributed by atoms with Gasteiger partial charge in [-0.25, -0.2) is 0 Å². The third-order valence-electron chi connectivity index (χ3n) is 3.95. The van der Waals surface area contributed by atoms with Crippen LogP contribution < -0.4 is 0 Å². The smallest absolute Gasteiger partial charge is 0.111 e. The maximum absolute atomic E-state index is 6.42. The van der Waals surface area contributed by atoms with Crippen molar-refractivity contribution >= 4 is 0 Å². The van der Waals surface area contributed by atoms with Crippen LogP contribution in [0.15, 0.2) is 60.7 Å². The van der Waals surface area contributed by atoms with Crippen LogP contribution in [0, 0.1) is 0 Å². The lowest BCUT2D eigenvalue weighted by molar-refractivity contribution is -0.0574. The minimum Gasteiger partial charge on any atom is -0.350 e. The molecule has 0 N–H and O–H groups in total. The Hall–Kier alpha value is -1.64. The Bertz CT molecular complexity index is 486. The van der Waals surface area contributed by atoms with E-state index in [0.717, 1.165) is 13.0 Å². The zero-order chi connectivity index (χ0) is 13.8. The monoisotopic (exact) mass is 267 g/mol. The minimum absolute atomic E-state index is 0.0166. The number of rotatable bonds is 4. The van der Waals surface area contributed by atoms with Crippen LogP contribution >= 0.6 is 0 Å². The van der Waals surface area contributed by atoms with Crippen molar-refractivity contribution < 1.29 is 4.74 Å². The van der Waals surface area contributed by atoms with Gasteiger partial charge in [0.15, 0.2) is 0 Å². The van der Waals surface area contributed by atoms with Crippen molar-refractivity contribution in [3.63, 3.8) is 0 Å². The van der Waals surface area contributed by atoms with E-state index in [2.05, 4.69) is 60.5 Å². The van der Waals surface area contributed by atoms with Gasteiger partial charge in [0.2, 0.25) is 0 Å². The van der Waals surface area contributed by atoms with Crippen LogP contribution in [0.2, 0.25) is 0 Å². The maximum Gasteiger partial charge on any atom is 0.111 e. The van der Waals surface area contributed by atoms with E-state index in [-0.39, 0.29) is 12.3 Å². The van der Waals surface area contributed by atoms with Crippen molar-refractivity contribution in [3.8, 4) is 0 Å². The molecule has 0 bridgehead atoms. The third-order valence-corrected chi connectivity index (χ3v) is 3.95. The molecule has 0 saturated carbocycles.